The summed E-state index contributed by atoms with van der Waals surface area (Å²) in [7, 11) is 0. The van der Waals surface area contributed by atoms with Crippen molar-refractivity contribution >= 4 is 23.4 Å². The van der Waals surface area contributed by atoms with Gasteiger partial charge < -0.3 is 11.1 Å². The van der Waals surface area contributed by atoms with E-state index in [9.17, 15) is 9.59 Å². The first-order chi connectivity index (χ1) is 13.6. The van der Waals surface area contributed by atoms with Crippen LogP contribution in [0.2, 0.25) is 5.02 Å². The lowest BCUT2D eigenvalue weighted by Crippen LogP contribution is -2.53. The predicted octanol–water partition coefficient (Wildman–Crippen LogP) is 1.59. The average Bonchev–Trinajstić information content (AvgIpc) is 3.16. The fraction of sp³-hybridized carbons (Fsp3) is 0.526. The van der Waals surface area contributed by atoms with Crippen molar-refractivity contribution in [3.8, 4) is 5.69 Å². The van der Waals surface area contributed by atoms with E-state index in [1.165, 1.54) is 11.0 Å². The topological polar surface area (TPSA) is 128 Å². The highest BCUT2D eigenvalue weighted by Crippen LogP contribution is 2.21. The zero-order valence-electron chi connectivity index (χ0n) is 17.1. The van der Waals surface area contributed by atoms with Gasteiger partial charge in [-0.1, -0.05) is 39.3 Å². The molecule has 1 aromatic carbocycles. The van der Waals surface area contributed by atoms with E-state index in [0.717, 1.165) is 5.56 Å². The summed E-state index contributed by atoms with van der Waals surface area (Å²) in [6.45, 7) is 8.16. The van der Waals surface area contributed by atoms with E-state index >= 15 is 0 Å². The van der Waals surface area contributed by atoms with Gasteiger partial charge in [0.05, 0.1) is 17.8 Å². The Kier molecular flexibility index (Phi) is 7.69. The Hall–Kier alpha value is -2.52. The summed E-state index contributed by atoms with van der Waals surface area (Å²) >= 11 is 6.11. The summed E-state index contributed by atoms with van der Waals surface area (Å²) < 4.78 is 1.50. The van der Waals surface area contributed by atoms with Crippen molar-refractivity contribution in [3.63, 3.8) is 0 Å². The zero-order chi connectivity index (χ0) is 21.6. The Bertz CT molecular complexity index is 834. The van der Waals surface area contributed by atoms with Crippen molar-refractivity contribution in [1.29, 1.82) is 0 Å². The van der Waals surface area contributed by atoms with Crippen molar-refractivity contribution in [3.05, 3.63) is 35.1 Å². The number of hydrogen-bond donors (Lipinski definition) is 3. The highest BCUT2D eigenvalue weighted by molar-refractivity contribution is 6.30. The molecule has 0 aliphatic rings. The molecular weight excluding hydrogens is 394 g/mol. The average molecular weight is 422 g/mol. The summed E-state index contributed by atoms with van der Waals surface area (Å²) in [5.74, 6) is -0.697. The maximum atomic E-state index is 12.7. The molecule has 0 radical (unpaired) electrons. The Balaban J connectivity index is 2.09. The molecule has 0 saturated carbocycles. The van der Waals surface area contributed by atoms with Crippen LogP contribution in [0.1, 0.15) is 46.1 Å². The lowest BCUT2D eigenvalue weighted by molar-refractivity contribution is -0.125. The first-order valence-corrected chi connectivity index (χ1v) is 9.83. The molecule has 0 aliphatic carbocycles. The monoisotopic (exact) mass is 421 g/mol. The highest BCUT2D eigenvalue weighted by Gasteiger charge is 2.27. The molecule has 9 nitrogen and oxygen atoms in total. The molecule has 2 amide bonds. The van der Waals surface area contributed by atoms with Crippen LogP contribution in [0, 0.1) is 5.41 Å². The van der Waals surface area contributed by atoms with Crippen molar-refractivity contribution in [2.45, 2.75) is 59.2 Å². The van der Waals surface area contributed by atoms with E-state index < -0.39 is 18.0 Å². The maximum Gasteiger partial charge on any atom is 0.237 e. The smallest absolute Gasteiger partial charge is 0.237 e. The Morgan fingerprint density at radius 3 is 2.55 bits per heavy atom. The molecule has 2 aromatic rings. The van der Waals surface area contributed by atoms with Crippen LogP contribution < -0.4 is 16.4 Å². The molecule has 4 N–H and O–H groups in total. The van der Waals surface area contributed by atoms with Gasteiger partial charge in [0.15, 0.2) is 0 Å². The van der Waals surface area contributed by atoms with Gasteiger partial charge in [0.2, 0.25) is 11.8 Å². The van der Waals surface area contributed by atoms with E-state index in [1.54, 1.807) is 18.2 Å². The number of benzene rings is 1. The fourth-order valence-electron chi connectivity index (χ4n) is 2.97. The van der Waals surface area contributed by atoms with Gasteiger partial charge in [0, 0.05) is 11.6 Å². The van der Waals surface area contributed by atoms with Gasteiger partial charge in [-0.3, -0.25) is 14.9 Å². The molecule has 1 aromatic heterocycles. The number of hydrogen-bond acceptors (Lipinski definition) is 6. The SMILES string of the molecule is CC[C@H](N[C@H](CC(C)(C)C)C(N)=O)C(=O)NCc1cc(Cl)ccc1-n1cnnn1. The molecule has 0 fully saturated rings. The number of amides is 2. The van der Waals surface area contributed by atoms with Gasteiger partial charge >= 0.3 is 0 Å². The number of carbonyl (C=O) groups is 2. The zero-order valence-corrected chi connectivity index (χ0v) is 17.9. The minimum atomic E-state index is -0.589. The van der Waals surface area contributed by atoms with E-state index in [1.807, 2.05) is 27.7 Å². The molecule has 0 aliphatic heterocycles. The van der Waals surface area contributed by atoms with Crippen LogP contribution in [0.25, 0.3) is 5.69 Å². The summed E-state index contributed by atoms with van der Waals surface area (Å²) in [6, 6.07) is 4.12. The number of nitrogens with one attached hydrogen (secondary N) is 2. The quantitative estimate of drug-likeness (QED) is 0.564. The van der Waals surface area contributed by atoms with Gasteiger partial charge in [0.25, 0.3) is 0 Å². The number of nitrogens with zero attached hydrogens (tertiary/aromatic N) is 4. The summed E-state index contributed by atoms with van der Waals surface area (Å²) in [5.41, 5.74) is 6.90. The number of primary amides is 1. The molecule has 158 valence electrons. The third-order valence-corrected chi connectivity index (χ3v) is 4.61. The van der Waals surface area contributed by atoms with Gasteiger partial charge in [-0.2, -0.15) is 0 Å². The maximum absolute atomic E-state index is 12.7. The normalized spacial score (nSPS) is 13.7. The molecule has 10 heteroatoms. The van der Waals surface area contributed by atoms with Crippen LogP contribution in [0.4, 0.5) is 0 Å². The van der Waals surface area contributed by atoms with Crippen molar-refractivity contribution < 1.29 is 9.59 Å². The standard InChI is InChI=1S/C19H28ClN7O2/c1-5-14(24-15(17(21)28)9-19(2,3)4)18(29)22-10-12-8-13(20)6-7-16(12)27-11-23-25-26-27/h6-8,11,14-15,24H,5,9-10H2,1-4H3,(H2,21,28)(H,22,29)/t14-,15+/m0/s1. The molecule has 1 heterocycles. The minimum Gasteiger partial charge on any atom is -0.368 e. The van der Waals surface area contributed by atoms with Gasteiger partial charge in [-0.25, -0.2) is 4.68 Å². The van der Waals surface area contributed by atoms with Crippen LogP contribution >= 0.6 is 11.6 Å². The van der Waals surface area contributed by atoms with Crippen LogP contribution in [0.15, 0.2) is 24.5 Å². The van der Waals surface area contributed by atoms with Crippen molar-refractivity contribution in [2.75, 3.05) is 0 Å². The van der Waals surface area contributed by atoms with Gasteiger partial charge in [0.1, 0.15) is 6.33 Å². The van der Waals surface area contributed by atoms with Crippen LogP contribution in [-0.4, -0.2) is 44.1 Å². The Labute approximate surface area is 175 Å². The molecule has 0 saturated heterocycles. The summed E-state index contributed by atoms with van der Waals surface area (Å²) in [4.78, 5) is 24.6. The fourth-order valence-corrected chi connectivity index (χ4v) is 3.17. The molecule has 2 rings (SSSR count). The van der Waals surface area contributed by atoms with E-state index in [-0.39, 0.29) is 17.9 Å². The number of aromatic nitrogens is 4. The Morgan fingerprint density at radius 1 is 1.28 bits per heavy atom. The lowest BCUT2D eigenvalue weighted by atomic mass is 9.87. The molecule has 0 bridgehead atoms. The first-order valence-electron chi connectivity index (χ1n) is 9.45. The van der Waals surface area contributed by atoms with Crippen LogP contribution in [0.3, 0.4) is 0 Å². The second-order valence-electron chi connectivity index (χ2n) is 8.09. The Morgan fingerprint density at radius 2 is 2.00 bits per heavy atom. The summed E-state index contributed by atoms with van der Waals surface area (Å²) in [6.07, 6.45) is 2.51. The molecular formula is C19H28ClN7O2. The highest BCUT2D eigenvalue weighted by atomic mass is 35.5. The van der Waals surface area contributed by atoms with Gasteiger partial charge in [-0.05, 0) is 52.4 Å². The molecule has 29 heavy (non-hydrogen) atoms. The molecule has 0 unspecified atom stereocenters. The number of rotatable bonds is 9. The van der Waals surface area contributed by atoms with Crippen LogP contribution in [0.5, 0.6) is 0 Å². The lowest BCUT2D eigenvalue weighted by Gasteiger charge is -2.28. The minimum absolute atomic E-state index is 0.108. The largest absolute Gasteiger partial charge is 0.368 e. The van der Waals surface area contributed by atoms with Crippen molar-refractivity contribution in [1.82, 2.24) is 30.8 Å². The predicted molar refractivity (Wildman–Crippen MR) is 110 cm³/mol. The number of carbonyl (C=O) groups excluding carboxylic acids is 2. The van der Waals surface area contributed by atoms with Crippen LogP contribution in [-0.2, 0) is 16.1 Å². The van der Waals surface area contributed by atoms with Gasteiger partial charge in [-0.15, -0.1) is 5.10 Å². The molecule has 0 spiro atoms. The van der Waals surface area contributed by atoms with E-state index in [0.29, 0.717) is 23.6 Å². The first kappa shape index (κ1) is 22.8. The number of halogens is 1. The van der Waals surface area contributed by atoms with E-state index in [2.05, 4.69) is 26.2 Å². The second-order valence-corrected chi connectivity index (χ2v) is 8.53. The third kappa shape index (κ3) is 6.79. The second kappa shape index (κ2) is 9.80. The summed E-state index contributed by atoms with van der Waals surface area (Å²) in [5, 5.41) is 17.7. The number of tetrazole rings is 1. The van der Waals surface area contributed by atoms with E-state index in [4.69, 9.17) is 17.3 Å². The van der Waals surface area contributed by atoms with Crippen molar-refractivity contribution in [2.24, 2.45) is 11.1 Å². The molecule has 2 atom stereocenters. The number of nitrogens with two attached hydrogens (primary N) is 1. The third-order valence-electron chi connectivity index (χ3n) is 4.38.